The van der Waals surface area contributed by atoms with Crippen LogP contribution in [0.4, 0.5) is 0 Å². The first-order valence-corrected chi connectivity index (χ1v) is 6.88. The van der Waals surface area contributed by atoms with Crippen molar-refractivity contribution >= 4 is 0 Å². The molecular weight excluding hydrogens is 232 g/mol. The SMILES string of the molecule is Cc1ccccc1CC(NN)C1Cc2ccccc21. The van der Waals surface area contributed by atoms with E-state index in [-0.39, 0.29) is 0 Å². The van der Waals surface area contributed by atoms with E-state index in [1.165, 1.54) is 22.3 Å². The molecular formula is C17H20N2. The van der Waals surface area contributed by atoms with E-state index >= 15 is 0 Å². The Hall–Kier alpha value is -1.64. The van der Waals surface area contributed by atoms with Crippen molar-refractivity contribution in [2.24, 2.45) is 5.84 Å². The Kier molecular flexibility index (Phi) is 3.36. The van der Waals surface area contributed by atoms with Crippen molar-refractivity contribution in [2.75, 3.05) is 0 Å². The van der Waals surface area contributed by atoms with Gasteiger partial charge in [-0.2, -0.15) is 0 Å². The largest absolute Gasteiger partial charge is 0.271 e. The average molecular weight is 252 g/mol. The highest BCUT2D eigenvalue weighted by molar-refractivity contribution is 5.42. The Morgan fingerprint density at radius 3 is 2.63 bits per heavy atom. The number of nitrogens with two attached hydrogens (primary N) is 1. The van der Waals surface area contributed by atoms with Crippen molar-refractivity contribution < 1.29 is 0 Å². The van der Waals surface area contributed by atoms with Crippen molar-refractivity contribution in [3.05, 3.63) is 70.8 Å². The van der Waals surface area contributed by atoms with Crippen LogP contribution in [0.15, 0.2) is 48.5 Å². The van der Waals surface area contributed by atoms with Gasteiger partial charge >= 0.3 is 0 Å². The van der Waals surface area contributed by atoms with E-state index in [9.17, 15) is 0 Å². The predicted molar refractivity (Wildman–Crippen MR) is 78.9 cm³/mol. The van der Waals surface area contributed by atoms with Crippen LogP contribution in [-0.2, 0) is 12.8 Å². The van der Waals surface area contributed by atoms with Crippen molar-refractivity contribution in [1.29, 1.82) is 0 Å². The van der Waals surface area contributed by atoms with Gasteiger partial charge in [-0.05, 0) is 42.0 Å². The minimum atomic E-state index is 0.316. The van der Waals surface area contributed by atoms with Gasteiger partial charge in [-0.25, -0.2) is 0 Å². The highest BCUT2D eigenvalue weighted by atomic mass is 15.2. The lowest BCUT2D eigenvalue weighted by atomic mass is 9.72. The molecule has 0 radical (unpaired) electrons. The Labute approximate surface area is 114 Å². The molecule has 0 heterocycles. The molecule has 2 heteroatoms. The first kappa shape index (κ1) is 12.4. The van der Waals surface area contributed by atoms with Crippen LogP contribution in [0.3, 0.4) is 0 Å². The molecule has 0 amide bonds. The Balaban J connectivity index is 1.79. The number of hydrogen-bond acceptors (Lipinski definition) is 2. The van der Waals surface area contributed by atoms with Crippen LogP contribution in [0.5, 0.6) is 0 Å². The fraction of sp³-hybridized carbons (Fsp3) is 0.294. The molecule has 98 valence electrons. The topological polar surface area (TPSA) is 38.0 Å². The van der Waals surface area contributed by atoms with Crippen molar-refractivity contribution in [1.82, 2.24) is 5.43 Å². The summed E-state index contributed by atoms with van der Waals surface area (Å²) < 4.78 is 0. The van der Waals surface area contributed by atoms with E-state index in [0.29, 0.717) is 12.0 Å². The molecule has 1 aliphatic rings. The maximum atomic E-state index is 5.79. The number of hydrazine groups is 1. The third kappa shape index (κ3) is 2.29. The van der Waals surface area contributed by atoms with Crippen LogP contribution >= 0.6 is 0 Å². The van der Waals surface area contributed by atoms with Gasteiger partial charge < -0.3 is 0 Å². The zero-order valence-electron chi connectivity index (χ0n) is 11.3. The van der Waals surface area contributed by atoms with Crippen LogP contribution in [0.2, 0.25) is 0 Å². The molecule has 2 atom stereocenters. The molecule has 2 aromatic rings. The molecule has 2 nitrogen and oxygen atoms in total. The maximum absolute atomic E-state index is 5.79. The summed E-state index contributed by atoms with van der Waals surface area (Å²) in [5.74, 6) is 6.33. The van der Waals surface area contributed by atoms with Gasteiger partial charge in [-0.15, -0.1) is 0 Å². The standard InChI is InChI=1S/C17H20N2/c1-12-6-2-3-7-13(12)11-17(19-18)16-10-14-8-4-5-9-15(14)16/h2-9,16-17,19H,10-11,18H2,1H3. The molecule has 0 aliphatic heterocycles. The first-order valence-electron chi connectivity index (χ1n) is 6.88. The fourth-order valence-corrected chi connectivity index (χ4v) is 3.05. The average Bonchev–Trinajstić information content (AvgIpc) is 2.41. The molecule has 0 bridgehead atoms. The summed E-state index contributed by atoms with van der Waals surface area (Å²) in [6, 6.07) is 17.5. The molecule has 0 spiro atoms. The monoisotopic (exact) mass is 252 g/mol. The van der Waals surface area contributed by atoms with Gasteiger partial charge in [0.15, 0.2) is 0 Å². The van der Waals surface area contributed by atoms with Gasteiger partial charge in [0.1, 0.15) is 0 Å². The van der Waals surface area contributed by atoms with E-state index < -0.39 is 0 Å². The van der Waals surface area contributed by atoms with Crippen LogP contribution in [-0.4, -0.2) is 6.04 Å². The normalized spacial score (nSPS) is 18.5. The third-order valence-electron chi connectivity index (χ3n) is 4.30. The summed E-state index contributed by atoms with van der Waals surface area (Å²) in [7, 11) is 0. The molecule has 0 saturated carbocycles. The summed E-state index contributed by atoms with van der Waals surface area (Å²) >= 11 is 0. The second-order valence-electron chi connectivity index (χ2n) is 5.41. The molecule has 0 aromatic heterocycles. The summed E-state index contributed by atoms with van der Waals surface area (Å²) in [6.45, 7) is 2.16. The van der Waals surface area contributed by atoms with Gasteiger partial charge in [0.25, 0.3) is 0 Å². The predicted octanol–water partition coefficient (Wildman–Crippen LogP) is 2.71. The number of benzene rings is 2. The van der Waals surface area contributed by atoms with E-state index in [1.54, 1.807) is 0 Å². The molecule has 0 fully saturated rings. The van der Waals surface area contributed by atoms with Crippen molar-refractivity contribution in [3.63, 3.8) is 0 Å². The summed E-state index contributed by atoms with van der Waals surface area (Å²) in [6.07, 6.45) is 2.12. The molecule has 19 heavy (non-hydrogen) atoms. The number of fused-ring (bicyclic) bond motifs is 1. The molecule has 2 aromatic carbocycles. The van der Waals surface area contributed by atoms with E-state index in [2.05, 4.69) is 60.9 Å². The lowest BCUT2D eigenvalue weighted by Gasteiger charge is -2.36. The van der Waals surface area contributed by atoms with Gasteiger partial charge in [0, 0.05) is 12.0 Å². The maximum Gasteiger partial charge on any atom is 0.0322 e. The van der Waals surface area contributed by atoms with Gasteiger partial charge in [-0.3, -0.25) is 11.3 Å². The van der Waals surface area contributed by atoms with Crippen LogP contribution < -0.4 is 11.3 Å². The Morgan fingerprint density at radius 2 is 1.89 bits per heavy atom. The van der Waals surface area contributed by atoms with Gasteiger partial charge in [0.2, 0.25) is 0 Å². The molecule has 2 unspecified atom stereocenters. The van der Waals surface area contributed by atoms with Crippen LogP contribution in [0.25, 0.3) is 0 Å². The number of aryl methyl sites for hydroxylation is 1. The zero-order valence-corrected chi connectivity index (χ0v) is 11.3. The lowest BCUT2D eigenvalue weighted by molar-refractivity contribution is 0.403. The second kappa shape index (κ2) is 5.16. The molecule has 3 N–H and O–H groups in total. The fourth-order valence-electron chi connectivity index (χ4n) is 3.05. The second-order valence-corrected chi connectivity index (χ2v) is 5.41. The van der Waals surface area contributed by atoms with Crippen molar-refractivity contribution in [3.8, 4) is 0 Å². The summed E-state index contributed by atoms with van der Waals surface area (Å²) in [5, 5.41) is 0. The summed E-state index contributed by atoms with van der Waals surface area (Å²) in [4.78, 5) is 0. The first-order chi connectivity index (χ1) is 9.29. The van der Waals surface area contributed by atoms with Crippen LogP contribution in [0.1, 0.15) is 28.2 Å². The van der Waals surface area contributed by atoms with Crippen molar-refractivity contribution in [2.45, 2.75) is 31.7 Å². The van der Waals surface area contributed by atoms with E-state index in [4.69, 9.17) is 5.84 Å². The highest BCUT2D eigenvalue weighted by Gasteiger charge is 2.32. The Morgan fingerprint density at radius 1 is 1.16 bits per heavy atom. The third-order valence-corrected chi connectivity index (χ3v) is 4.30. The number of rotatable bonds is 4. The number of hydrogen-bond donors (Lipinski definition) is 2. The molecule has 3 rings (SSSR count). The highest BCUT2D eigenvalue weighted by Crippen LogP contribution is 2.38. The van der Waals surface area contributed by atoms with Gasteiger partial charge in [-0.1, -0.05) is 48.5 Å². The van der Waals surface area contributed by atoms with E-state index in [1.807, 2.05) is 0 Å². The lowest BCUT2D eigenvalue weighted by Crippen LogP contribution is -2.45. The molecule has 0 saturated heterocycles. The zero-order chi connectivity index (χ0) is 13.2. The minimum absolute atomic E-state index is 0.316. The van der Waals surface area contributed by atoms with E-state index in [0.717, 1.165) is 12.8 Å². The smallest absolute Gasteiger partial charge is 0.0322 e. The van der Waals surface area contributed by atoms with Crippen LogP contribution in [0, 0.1) is 6.92 Å². The Bertz CT molecular complexity index is 577. The quantitative estimate of drug-likeness (QED) is 0.648. The summed E-state index contributed by atoms with van der Waals surface area (Å²) in [5.41, 5.74) is 8.67. The minimum Gasteiger partial charge on any atom is -0.271 e. The van der Waals surface area contributed by atoms with Gasteiger partial charge in [0.05, 0.1) is 0 Å². The number of nitrogens with one attached hydrogen (secondary N) is 1. The molecule has 1 aliphatic carbocycles.